The summed E-state index contributed by atoms with van der Waals surface area (Å²) in [5, 5.41) is 1.21. The minimum absolute atomic E-state index is 0.377. The predicted octanol–water partition coefficient (Wildman–Crippen LogP) is 6.10. The zero-order valence-corrected chi connectivity index (χ0v) is 22.1. The molecule has 0 bridgehead atoms. The van der Waals surface area contributed by atoms with Gasteiger partial charge in [-0.2, -0.15) is 4.31 Å². The fraction of sp³-hybridized carbons (Fsp3) is 0.267. The summed E-state index contributed by atoms with van der Waals surface area (Å²) in [6.07, 6.45) is 2.78. The van der Waals surface area contributed by atoms with Gasteiger partial charge in [0.1, 0.15) is 5.75 Å². The molecule has 5 nitrogen and oxygen atoms in total. The number of rotatable bonds is 6. The fourth-order valence-corrected chi connectivity index (χ4v) is 6.86. The van der Waals surface area contributed by atoms with Gasteiger partial charge in [0.25, 0.3) is 0 Å². The number of ether oxygens (including phenoxy) is 1. The quantitative estimate of drug-likeness (QED) is 0.321. The van der Waals surface area contributed by atoms with Crippen molar-refractivity contribution >= 4 is 26.5 Å². The summed E-state index contributed by atoms with van der Waals surface area (Å²) in [7, 11) is -1.86. The number of nitrogens with zero attached hydrogens (tertiary/aromatic N) is 2. The lowest BCUT2D eigenvalue weighted by Gasteiger charge is -2.27. The maximum Gasteiger partial charge on any atom is 0.243 e. The largest absolute Gasteiger partial charge is 0.497 e. The van der Waals surface area contributed by atoms with Gasteiger partial charge < -0.3 is 9.30 Å². The molecule has 0 saturated heterocycles. The number of methoxy groups -OCH3 is 1. The van der Waals surface area contributed by atoms with Crippen LogP contribution in [0.1, 0.15) is 34.4 Å². The van der Waals surface area contributed by atoms with E-state index in [1.807, 2.05) is 38.1 Å². The van der Waals surface area contributed by atoms with Crippen molar-refractivity contribution in [1.82, 2.24) is 8.87 Å². The van der Waals surface area contributed by atoms with E-state index in [4.69, 9.17) is 4.74 Å². The molecule has 0 fully saturated rings. The van der Waals surface area contributed by atoms with E-state index >= 15 is 0 Å². The van der Waals surface area contributed by atoms with Gasteiger partial charge in [-0.15, -0.1) is 0 Å². The van der Waals surface area contributed by atoms with E-state index in [2.05, 4.69) is 54.0 Å². The Morgan fingerprint density at radius 1 is 0.944 bits per heavy atom. The molecule has 6 heteroatoms. The first-order chi connectivity index (χ1) is 17.3. The number of aromatic nitrogens is 1. The number of hydrogen-bond donors (Lipinski definition) is 0. The summed E-state index contributed by atoms with van der Waals surface area (Å²) in [5.74, 6) is 0.848. The molecule has 1 aliphatic rings. The summed E-state index contributed by atoms with van der Waals surface area (Å²) in [5.41, 5.74) is 7.76. The second-order valence-corrected chi connectivity index (χ2v) is 11.4. The van der Waals surface area contributed by atoms with Crippen LogP contribution in [0.25, 0.3) is 16.5 Å². The van der Waals surface area contributed by atoms with Crippen LogP contribution >= 0.6 is 0 Å². The molecule has 0 radical (unpaired) electrons. The minimum atomic E-state index is -3.54. The molecule has 0 N–H and O–H groups in total. The third kappa shape index (κ3) is 4.36. The number of benzene rings is 3. The Morgan fingerprint density at radius 2 is 1.69 bits per heavy atom. The summed E-state index contributed by atoms with van der Waals surface area (Å²) >= 11 is 0. The Hall–Kier alpha value is -3.35. The molecule has 2 heterocycles. The average molecular weight is 501 g/mol. The monoisotopic (exact) mass is 500 g/mol. The molecule has 1 aromatic heterocycles. The zero-order valence-electron chi connectivity index (χ0n) is 21.3. The van der Waals surface area contributed by atoms with Crippen LogP contribution < -0.4 is 4.74 Å². The van der Waals surface area contributed by atoms with Crippen LogP contribution in [0.2, 0.25) is 0 Å². The predicted molar refractivity (Wildman–Crippen MR) is 146 cm³/mol. The molecule has 0 amide bonds. The molecule has 186 valence electrons. The highest BCUT2D eigenvalue weighted by Crippen LogP contribution is 2.36. The van der Waals surface area contributed by atoms with E-state index < -0.39 is 10.0 Å². The fourth-order valence-electron chi connectivity index (χ4n) is 5.17. The Morgan fingerprint density at radius 3 is 2.39 bits per heavy atom. The first kappa shape index (κ1) is 24.3. The summed E-state index contributed by atoms with van der Waals surface area (Å²) < 4.78 is 36.1. The maximum atomic E-state index is 13.4. The summed E-state index contributed by atoms with van der Waals surface area (Å²) in [6, 6.07) is 22.3. The van der Waals surface area contributed by atoms with Crippen molar-refractivity contribution in [1.29, 1.82) is 0 Å². The third-order valence-corrected chi connectivity index (χ3v) is 9.19. The van der Waals surface area contributed by atoms with Gasteiger partial charge in [-0.1, -0.05) is 48.5 Å². The third-order valence-electron chi connectivity index (χ3n) is 7.19. The van der Waals surface area contributed by atoms with E-state index in [9.17, 15) is 8.42 Å². The molecular formula is C30H32N2O3S. The van der Waals surface area contributed by atoms with Gasteiger partial charge in [0, 0.05) is 41.8 Å². The molecule has 5 rings (SSSR count). The molecule has 0 aliphatic carbocycles. The Labute approximate surface area is 213 Å². The van der Waals surface area contributed by atoms with Crippen LogP contribution in [0, 0.1) is 20.8 Å². The molecule has 0 saturated carbocycles. The Bertz CT molecular complexity index is 1560. The normalized spacial score (nSPS) is 14.7. The SMILES string of the molecule is COc1ccc(Cn2c(C)c(C3=CCN(S(=O)(=O)c4cc(C)ccc4C)CC3)c3ccccc32)cc1. The highest BCUT2D eigenvalue weighted by molar-refractivity contribution is 7.89. The van der Waals surface area contributed by atoms with Gasteiger partial charge >= 0.3 is 0 Å². The van der Waals surface area contributed by atoms with Crippen molar-refractivity contribution in [3.63, 3.8) is 0 Å². The van der Waals surface area contributed by atoms with E-state index in [0.717, 1.165) is 23.4 Å². The van der Waals surface area contributed by atoms with Crippen LogP contribution in [0.4, 0.5) is 0 Å². The molecule has 0 unspecified atom stereocenters. The lowest BCUT2D eigenvalue weighted by Crippen LogP contribution is -2.35. The number of para-hydroxylation sites is 1. The van der Waals surface area contributed by atoms with Gasteiger partial charge in [-0.3, -0.25) is 0 Å². The van der Waals surface area contributed by atoms with Crippen LogP contribution in [0.3, 0.4) is 0 Å². The second-order valence-electron chi connectivity index (χ2n) is 9.52. The first-order valence-corrected chi connectivity index (χ1v) is 13.7. The van der Waals surface area contributed by atoms with Gasteiger partial charge in [-0.05, 0) is 73.7 Å². The zero-order chi connectivity index (χ0) is 25.4. The van der Waals surface area contributed by atoms with Crippen molar-refractivity contribution < 1.29 is 13.2 Å². The molecular weight excluding hydrogens is 468 g/mol. The Kier molecular flexibility index (Phi) is 6.49. The average Bonchev–Trinajstić information content (AvgIpc) is 3.17. The first-order valence-electron chi connectivity index (χ1n) is 12.3. The van der Waals surface area contributed by atoms with Crippen molar-refractivity contribution in [3.05, 3.63) is 101 Å². The van der Waals surface area contributed by atoms with Gasteiger partial charge in [0.05, 0.1) is 12.0 Å². The highest BCUT2D eigenvalue weighted by Gasteiger charge is 2.29. The number of sulfonamides is 1. The molecule has 3 aromatic carbocycles. The van der Waals surface area contributed by atoms with E-state index in [1.54, 1.807) is 17.5 Å². The van der Waals surface area contributed by atoms with E-state index in [0.29, 0.717) is 24.4 Å². The standard InChI is InChI=1S/C30H32N2O3S/c1-21-9-10-22(2)29(19-21)36(33,34)31-17-15-25(16-18-31)30-23(3)32(28-8-6-5-7-27(28)30)20-24-11-13-26(35-4)14-12-24/h5-15,19H,16-18,20H2,1-4H3. The maximum absolute atomic E-state index is 13.4. The smallest absolute Gasteiger partial charge is 0.243 e. The van der Waals surface area contributed by atoms with Gasteiger partial charge in [0.2, 0.25) is 10.0 Å². The summed E-state index contributed by atoms with van der Waals surface area (Å²) in [6.45, 7) is 7.56. The number of aryl methyl sites for hydroxylation is 2. The molecule has 1 aliphatic heterocycles. The number of fused-ring (bicyclic) bond motifs is 1. The van der Waals surface area contributed by atoms with Gasteiger partial charge in [0.15, 0.2) is 0 Å². The van der Waals surface area contributed by atoms with Crippen molar-refractivity contribution in [3.8, 4) is 5.75 Å². The van der Waals surface area contributed by atoms with Gasteiger partial charge in [-0.25, -0.2) is 8.42 Å². The second kappa shape index (κ2) is 9.60. The molecule has 0 atom stereocenters. The topological polar surface area (TPSA) is 51.5 Å². The molecule has 4 aromatic rings. The van der Waals surface area contributed by atoms with E-state index in [1.165, 1.54) is 33.3 Å². The van der Waals surface area contributed by atoms with Crippen LogP contribution in [-0.4, -0.2) is 37.5 Å². The number of hydrogen-bond acceptors (Lipinski definition) is 3. The highest BCUT2D eigenvalue weighted by atomic mass is 32.2. The van der Waals surface area contributed by atoms with Crippen molar-refractivity contribution in [2.24, 2.45) is 0 Å². The van der Waals surface area contributed by atoms with Crippen molar-refractivity contribution in [2.75, 3.05) is 20.2 Å². The summed E-state index contributed by atoms with van der Waals surface area (Å²) in [4.78, 5) is 0.409. The lowest BCUT2D eigenvalue weighted by atomic mass is 9.97. The molecule has 0 spiro atoms. The lowest BCUT2D eigenvalue weighted by molar-refractivity contribution is 0.414. The minimum Gasteiger partial charge on any atom is -0.497 e. The van der Waals surface area contributed by atoms with E-state index in [-0.39, 0.29) is 0 Å². The van der Waals surface area contributed by atoms with Crippen LogP contribution in [0.5, 0.6) is 5.75 Å². The van der Waals surface area contributed by atoms with Crippen LogP contribution in [-0.2, 0) is 16.6 Å². The van der Waals surface area contributed by atoms with Crippen LogP contribution in [0.15, 0.2) is 77.7 Å². The van der Waals surface area contributed by atoms with Crippen molar-refractivity contribution in [2.45, 2.75) is 38.6 Å². The molecule has 36 heavy (non-hydrogen) atoms. The Balaban J connectivity index is 1.48.